The molecule has 2 aromatic heterocycles. The first kappa shape index (κ1) is 22.8. The number of nitrogens with zero attached hydrogens (tertiary/aromatic N) is 2. The molecule has 0 aliphatic carbocycles. The number of Topliss-reactive ketones (excluding diaryl/α,β-unsaturated/α-hetero) is 1. The quantitative estimate of drug-likeness (QED) is 0.409. The monoisotopic (exact) mass is 393 g/mol. The highest BCUT2D eigenvalue weighted by atomic mass is 16.1. The summed E-state index contributed by atoms with van der Waals surface area (Å²) in [6, 6.07) is 8.52. The number of aromatic nitrogens is 3. The van der Waals surface area contributed by atoms with Crippen LogP contribution >= 0.6 is 0 Å². The lowest BCUT2D eigenvalue weighted by atomic mass is 10.0. The summed E-state index contributed by atoms with van der Waals surface area (Å²) < 4.78 is 0. The average Bonchev–Trinajstić information content (AvgIpc) is 3.19. The molecule has 0 amide bonds. The number of ketones is 1. The van der Waals surface area contributed by atoms with Gasteiger partial charge in [-0.1, -0.05) is 39.7 Å². The summed E-state index contributed by atoms with van der Waals surface area (Å²) >= 11 is 0. The predicted octanol–water partition coefficient (Wildman–Crippen LogP) is 6.74. The van der Waals surface area contributed by atoms with Crippen LogP contribution in [-0.2, 0) is 11.2 Å². The number of nitrogens with one attached hydrogen (secondary N) is 1. The van der Waals surface area contributed by atoms with Crippen LogP contribution in [0.3, 0.4) is 0 Å². The number of carbonyl (C=O) groups excluding carboxylic acids is 1. The van der Waals surface area contributed by atoms with Gasteiger partial charge in [0.1, 0.15) is 11.6 Å². The number of pyridine rings is 1. The Hall–Kier alpha value is -2.49. The van der Waals surface area contributed by atoms with Gasteiger partial charge in [0, 0.05) is 35.9 Å². The normalized spacial score (nSPS) is 10.7. The Bertz CT molecular complexity index is 927. The van der Waals surface area contributed by atoms with Crippen molar-refractivity contribution in [3.8, 4) is 11.3 Å². The standard InChI is InChI=1S/C23H29N3O.C2H6/c1-4-19(27)9-7-5-6-8-10-23-24-15-22(26-23)20-14-18-12-11-17(3)25-21(18)13-16(20)2;1-2/h11-15H,4-10H2,1-3H3,(H,24,26);1-2H3. The Morgan fingerprint density at radius 2 is 1.79 bits per heavy atom. The molecule has 2 heterocycles. The van der Waals surface area contributed by atoms with E-state index < -0.39 is 0 Å². The van der Waals surface area contributed by atoms with E-state index in [9.17, 15) is 4.79 Å². The fourth-order valence-electron chi connectivity index (χ4n) is 3.44. The fourth-order valence-corrected chi connectivity index (χ4v) is 3.44. The molecule has 4 heteroatoms. The van der Waals surface area contributed by atoms with E-state index in [4.69, 9.17) is 0 Å². The first-order chi connectivity index (χ1) is 14.1. The van der Waals surface area contributed by atoms with Crippen LogP contribution in [-0.4, -0.2) is 20.7 Å². The van der Waals surface area contributed by atoms with Gasteiger partial charge in [0.25, 0.3) is 0 Å². The zero-order valence-electron chi connectivity index (χ0n) is 18.6. The van der Waals surface area contributed by atoms with Crippen LogP contribution in [0, 0.1) is 13.8 Å². The lowest BCUT2D eigenvalue weighted by molar-refractivity contribution is -0.118. The zero-order valence-corrected chi connectivity index (χ0v) is 18.6. The van der Waals surface area contributed by atoms with E-state index >= 15 is 0 Å². The van der Waals surface area contributed by atoms with Crippen LogP contribution < -0.4 is 0 Å². The molecule has 3 rings (SSSR count). The van der Waals surface area contributed by atoms with Crippen LogP contribution in [0.5, 0.6) is 0 Å². The van der Waals surface area contributed by atoms with Crippen LogP contribution in [0.2, 0.25) is 0 Å². The Morgan fingerprint density at radius 3 is 2.55 bits per heavy atom. The molecule has 156 valence electrons. The maximum Gasteiger partial charge on any atom is 0.132 e. The number of aryl methyl sites for hydroxylation is 3. The van der Waals surface area contributed by atoms with Gasteiger partial charge in [-0.3, -0.25) is 9.78 Å². The summed E-state index contributed by atoms with van der Waals surface area (Å²) in [5.74, 6) is 1.41. The maximum absolute atomic E-state index is 11.3. The molecule has 0 unspecified atom stereocenters. The summed E-state index contributed by atoms with van der Waals surface area (Å²) in [5, 5.41) is 1.15. The van der Waals surface area contributed by atoms with E-state index in [1.807, 2.05) is 40.0 Å². The summed E-state index contributed by atoms with van der Waals surface area (Å²) in [4.78, 5) is 24.0. The lowest BCUT2D eigenvalue weighted by Gasteiger charge is -2.07. The number of rotatable bonds is 9. The van der Waals surface area contributed by atoms with Crippen molar-refractivity contribution in [3.05, 3.63) is 47.5 Å². The van der Waals surface area contributed by atoms with Gasteiger partial charge in [0.15, 0.2) is 0 Å². The molecule has 29 heavy (non-hydrogen) atoms. The molecule has 0 fully saturated rings. The number of carbonyl (C=O) groups is 1. The molecular formula is C25H35N3O. The highest BCUT2D eigenvalue weighted by Gasteiger charge is 2.09. The molecule has 0 bridgehead atoms. The first-order valence-electron chi connectivity index (χ1n) is 11.0. The number of unbranched alkanes of at least 4 members (excludes halogenated alkanes) is 3. The number of hydrogen-bond acceptors (Lipinski definition) is 3. The van der Waals surface area contributed by atoms with Crippen molar-refractivity contribution >= 4 is 16.7 Å². The molecular weight excluding hydrogens is 358 g/mol. The Kier molecular flexibility index (Phi) is 9.04. The lowest BCUT2D eigenvalue weighted by Crippen LogP contribution is -1.95. The molecule has 3 aromatic rings. The molecule has 0 radical (unpaired) electrons. The third-order valence-corrected chi connectivity index (χ3v) is 5.11. The Labute approximate surface area is 175 Å². The molecule has 0 aliphatic rings. The Morgan fingerprint density at radius 1 is 1.03 bits per heavy atom. The molecule has 4 nitrogen and oxygen atoms in total. The van der Waals surface area contributed by atoms with Gasteiger partial charge < -0.3 is 4.98 Å². The third kappa shape index (κ3) is 6.52. The van der Waals surface area contributed by atoms with Crippen LogP contribution in [0.1, 0.15) is 76.4 Å². The second-order valence-corrected chi connectivity index (χ2v) is 7.36. The van der Waals surface area contributed by atoms with Gasteiger partial charge in [-0.25, -0.2) is 4.98 Å². The maximum atomic E-state index is 11.3. The molecule has 0 saturated carbocycles. The van der Waals surface area contributed by atoms with E-state index in [2.05, 4.69) is 40.1 Å². The number of H-pyrrole nitrogens is 1. The molecule has 0 saturated heterocycles. The topological polar surface area (TPSA) is 58.6 Å². The molecule has 1 aromatic carbocycles. The third-order valence-electron chi connectivity index (χ3n) is 5.11. The van der Waals surface area contributed by atoms with Crippen LogP contribution in [0.25, 0.3) is 22.2 Å². The van der Waals surface area contributed by atoms with Gasteiger partial charge >= 0.3 is 0 Å². The summed E-state index contributed by atoms with van der Waals surface area (Å²) in [5.41, 5.74) is 5.54. The zero-order chi connectivity index (χ0) is 21.2. The number of hydrogen-bond donors (Lipinski definition) is 1. The van der Waals surface area contributed by atoms with Crippen molar-refractivity contribution < 1.29 is 4.79 Å². The van der Waals surface area contributed by atoms with Crippen molar-refractivity contribution in [2.24, 2.45) is 0 Å². The van der Waals surface area contributed by atoms with Gasteiger partial charge in [-0.2, -0.15) is 0 Å². The van der Waals surface area contributed by atoms with Crippen molar-refractivity contribution in [1.29, 1.82) is 0 Å². The van der Waals surface area contributed by atoms with Crippen molar-refractivity contribution in [2.45, 2.75) is 79.6 Å². The number of aromatic amines is 1. The molecule has 0 aliphatic heterocycles. The van der Waals surface area contributed by atoms with Gasteiger partial charge in [0.05, 0.1) is 17.4 Å². The van der Waals surface area contributed by atoms with E-state index in [-0.39, 0.29) is 0 Å². The van der Waals surface area contributed by atoms with E-state index in [1.54, 1.807) is 0 Å². The summed E-state index contributed by atoms with van der Waals surface area (Å²) in [7, 11) is 0. The van der Waals surface area contributed by atoms with Crippen molar-refractivity contribution in [1.82, 2.24) is 15.0 Å². The van der Waals surface area contributed by atoms with Gasteiger partial charge in [-0.15, -0.1) is 0 Å². The van der Waals surface area contributed by atoms with Gasteiger partial charge in [-0.05, 0) is 50.5 Å². The molecule has 1 N–H and O–H groups in total. The van der Waals surface area contributed by atoms with E-state index in [0.717, 1.165) is 66.6 Å². The second-order valence-electron chi connectivity index (χ2n) is 7.36. The smallest absolute Gasteiger partial charge is 0.132 e. The largest absolute Gasteiger partial charge is 0.342 e. The van der Waals surface area contributed by atoms with Crippen LogP contribution in [0.15, 0.2) is 30.5 Å². The number of fused-ring (bicyclic) bond motifs is 1. The van der Waals surface area contributed by atoms with Crippen molar-refractivity contribution in [2.75, 3.05) is 0 Å². The van der Waals surface area contributed by atoms with E-state index in [0.29, 0.717) is 12.2 Å². The highest BCUT2D eigenvalue weighted by Crippen LogP contribution is 2.27. The SMILES string of the molecule is CC.CCC(=O)CCCCCCc1ncc(-c2cc3ccc(C)nc3cc2C)[nH]1. The highest BCUT2D eigenvalue weighted by molar-refractivity contribution is 5.85. The molecule has 0 spiro atoms. The van der Waals surface area contributed by atoms with Crippen LogP contribution in [0.4, 0.5) is 0 Å². The second kappa shape index (κ2) is 11.5. The minimum Gasteiger partial charge on any atom is -0.342 e. The summed E-state index contributed by atoms with van der Waals surface area (Å²) in [6.07, 6.45) is 8.67. The minimum atomic E-state index is 0.377. The predicted molar refractivity (Wildman–Crippen MR) is 122 cm³/mol. The minimum absolute atomic E-state index is 0.377. The molecule has 0 atom stereocenters. The number of imidazole rings is 1. The van der Waals surface area contributed by atoms with Gasteiger partial charge in [0.2, 0.25) is 0 Å². The number of benzene rings is 1. The first-order valence-corrected chi connectivity index (χ1v) is 11.0. The Balaban J connectivity index is 0.00000145. The van der Waals surface area contributed by atoms with Crippen molar-refractivity contribution in [3.63, 3.8) is 0 Å². The average molecular weight is 394 g/mol. The fraction of sp³-hybridized carbons (Fsp3) is 0.480. The van der Waals surface area contributed by atoms with E-state index in [1.165, 1.54) is 11.1 Å². The summed E-state index contributed by atoms with van der Waals surface area (Å²) in [6.45, 7) is 10.1.